The summed E-state index contributed by atoms with van der Waals surface area (Å²) in [4.78, 5) is 0. The molecule has 0 aromatic heterocycles. The lowest BCUT2D eigenvalue weighted by atomic mass is 9.84. The summed E-state index contributed by atoms with van der Waals surface area (Å²) in [7, 11) is 0. The van der Waals surface area contributed by atoms with Gasteiger partial charge in [0.25, 0.3) is 0 Å². The topological polar surface area (TPSA) is 9.23 Å². The van der Waals surface area contributed by atoms with E-state index in [4.69, 9.17) is 4.74 Å². The van der Waals surface area contributed by atoms with E-state index in [9.17, 15) is 0 Å². The van der Waals surface area contributed by atoms with Crippen LogP contribution in [0.15, 0.2) is 35.6 Å². The number of allylic oxidation sites excluding steroid dienone is 3. The second kappa shape index (κ2) is 16.6. The predicted molar refractivity (Wildman–Crippen MR) is 146 cm³/mol. The van der Waals surface area contributed by atoms with Crippen molar-refractivity contribution in [1.82, 2.24) is 0 Å². The van der Waals surface area contributed by atoms with Gasteiger partial charge in [0.15, 0.2) is 0 Å². The van der Waals surface area contributed by atoms with Gasteiger partial charge in [-0.05, 0) is 88.7 Å². The summed E-state index contributed by atoms with van der Waals surface area (Å²) in [6.07, 6.45) is 15.7. The van der Waals surface area contributed by atoms with Crippen LogP contribution in [0.1, 0.15) is 139 Å². The van der Waals surface area contributed by atoms with E-state index in [1.807, 2.05) is 0 Å². The molecule has 1 heteroatoms. The fourth-order valence-corrected chi connectivity index (χ4v) is 4.82. The maximum atomic E-state index is 6.67. The van der Waals surface area contributed by atoms with Crippen molar-refractivity contribution in [1.29, 1.82) is 0 Å². The Balaban J connectivity index is 0.00000466. The Hall–Kier alpha value is -0.980. The second-order valence-corrected chi connectivity index (χ2v) is 11.4. The highest BCUT2D eigenvalue weighted by molar-refractivity contribution is 5.35. The molecule has 0 aliphatic carbocycles. The van der Waals surface area contributed by atoms with E-state index in [1.165, 1.54) is 86.7 Å². The van der Waals surface area contributed by atoms with Crippen LogP contribution in [-0.4, -0.2) is 5.60 Å². The van der Waals surface area contributed by atoms with Crippen LogP contribution in [0.3, 0.4) is 0 Å². The Kier molecular flexibility index (Phi) is 16.1. The van der Waals surface area contributed by atoms with Gasteiger partial charge in [-0.25, -0.2) is 0 Å². The third-order valence-corrected chi connectivity index (χ3v) is 7.32. The van der Waals surface area contributed by atoms with Gasteiger partial charge in [-0.2, -0.15) is 0 Å². The molecule has 1 fully saturated rings. The van der Waals surface area contributed by atoms with Gasteiger partial charge in [0, 0.05) is 0 Å². The van der Waals surface area contributed by atoms with Crippen molar-refractivity contribution in [2.45, 2.75) is 145 Å². The molecule has 0 amide bonds. The molecule has 0 aromatic carbocycles. The minimum Gasteiger partial charge on any atom is -0.487 e. The van der Waals surface area contributed by atoms with Crippen LogP contribution < -0.4 is 0 Å². The monoisotopic (exact) mass is 446 g/mol. The van der Waals surface area contributed by atoms with Crippen LogP contribution in [-0.2, 0) is 4.74 Å². The molecule has 1 heterocycles. The Morgan fingerprint density at radius 2 is 1.38 bits per heavy atom. The first-order chi connectivity index (χ1) is 15.1. The minimum atomic E-state index is 0.0232. The Morgan fingerprint density at radius 3 is 1.84 bits per heavy atom. The zero-order chi connectivity index (χ0) is 24.7. The van der Waals surface area contributed by atoms with Gasteiger partial charge < -0.3 is 4.74 Å². The summed E-state index contributed by atoms with van der Waals surface area (Å²) in [5, 5.41) is 0. The van der Waals surface area contributed by atoms with E-state index < -0.39 is 0 Å². The van der Waals surface area contributed by atoms with E-state index in [2.05, 4.69) is 75.5 Å². The van der Waals surface area contributed by atoms with E-state index in [0.717, 1.165) is 30.6 Å². The molecule has 32 heavy (non-hydrogen) atoms. The Bertz CT molecular complexity index is 563. The molecule has 1 aliphatic heterocycles. The highest BCUT2D eigenvalue weighted by Crippen LogP contribution is 2.41. The summed E-state index contributed by atoms with van der Waals surface area (Å²) in [5.74, 6) is 3.83. The fourth-order valence-electron chi connectivity index (χ4n) is 4.82. The first-order valence-corrected chi connectivity index (χ1v) is 13.6. The predicted octanol–water partition coefficient (Wildman–Crippen LogP) is 10.8. The van der Waals surface area contributed by atoms with E-state index in [-0.39, 0.29) is 5.60 Å². The molecular weight excluding hydrogens is 388 g/mol. The maximum Gasteiger partial charge on any atom is 0.122 e. The van der Waals surface area contributed by atoms with E-state index in [1.54, 1.807) is 0 Å². The Morgan fingerprint density at radius 1 is 0.875 bits per heavy atom. The summed E-state index contributed by atoms with van der Waals surface area (Å²) in [6.45, 7) is 26.9. The molecule has 188 valence electrons. The molecule has 3 atom stereocenters. The second-order valence-electron chi connectivity index (χ2n) is 11.4. The van der Waals surface area contributed by atoms with Crippen LogP contribution in [0, 0.1) is 17.8 Å². The lowest BCUT2D eigenvalue weighted by molar-refractivity contribution is -0.0127. The van der Waals surface area contributed by atoms with Crippen LogP contribution in [0.5, 0.6) is 0 Å². The SMILES string of the molecule is C=C.CC/C(C)=C1/OC(C)(CCCC(C)CCCC(C)CCCC(C)C)CCC1=C(C)C. The van der Waals surface area contributed by atoms with Crippen LogP contribution in [0.4, 0.5) is 0 Å². The first kappa shape index (κ1) is 31.0. The molecule has 0 N–H and O–H groups in total. The van der Waals surface area contributed by atoms with Crippen LogP contribution >= 0.6 is 0 Å². The molecule has 0 spiro atoms. The van der Waals surface area contributed by atoms with Gasteiger partial charge in [-0.1, -0.05) is 85.1 Å². The summed E-state index contributed by atoms with van der Waals surface area (Å²) in [6, 6.07) is 0. The quantitative estimate of drug-likeness (QED) is 0.255. The van der Waals surface area contributed by atoms with Crippen molar-refractivity contribution in [2.75, 3.05) is 0 Å². The molecule has 1 nitrogen and oxygen atoms in total. The van der Waals surface area contributed by atoms with Gasteiger partial charge >= 0.3 is 0 Å². The van der Waals surface area contributed by atoms with E-state index >= 15 is 0 Å². The van der Waals surface area contributed by atoms with Crippen LogP contribution in [0.25, 0.3) is 0 Å². The summed E-state index contributed by atoms with van der Waals surface area (Å²) >= 11 is 0. The normalized spacial score (nSPS) is 22.0. The molecule has 1 rings (SSSR count). The van der Waals surface area contributed by atoms with Gasteiger partial charge in [0.2, 0.25) is 0 Å². The first-order valence-electron chi connectivity index (χ1n) is 13.6. The van der Waals surface area contributed by atoms with Gasteiger partial charge in [0.1, 0.15) is 11.4 Å². The average Bonchev–Trinajstić information content (AvgIpc) is 2.74. The molecule has 1 saturated heterocycles. The van der Waals surface area contributed by atoms with Crippen molar-refractivity contribution in [3.63, 3.8) is 0 Å². The number of ether oxygens (including phenoxy) is 1. The number of hydrogen-bond donors (Lipinski definition) is 0. The fraction of sp³-hybridized carbons (Fsp3) is 0.806. The smallest absolute Gasteiger partial charge is 0.122 e. The molecule has 3 unspecified atom stereocenters. The van der Waals surface area contributed by atoms with Crippen molar-refractivity contribution in [2.24, 2.45) is 17.8 Å². The van der Waals surface area contributed by atoms with Crippen molar-refractivity contribution < 1.29 is 4.74 Å². The van der Waals surface area contributed by atoms with Crippen LogP contribution in [0.2, 0.25) is 0 Å². The lowest BCUT2D eigenvalue weighted by Gasteiger charge is -2.39. The number of rotatable bonds is 13. The third kappa shape index (κ3) is 12.3. The molecule has 0 aromatic rings. The highest BCUT2D eigenvalue weighted by Gasteiger charge is 2.33. The van der Waals surface area contributed by atoms with Gasteiger partial charge in [-0.3, -0.25) is 0 Å². The van der Waals surface area contributed by atoms with Gasteiger partial charge in [0.05, 0.1) is 0 Å². The van der Waals surface area contributed by atoms with Crippen molar-refractivity contribution in [3.05, 3.63) is 35.6 Å². The Labute approximate surface area is 203 Å². The maximum absolute atomic E-state index is 6.67. The highest BCUT2D eigenvalue weighted by atomic mass is 16.5. The summed E-state index contributed by atoms with van der Waals surface area (Å²) in [5.41, 5.74) is 4.32. The molecule has 1 aliphatic rings. The molecule has 0 radical (unpaired) electrons. The molecule has 0 bridgehead atoms. The zero-order valence-corrected chi connectivity index (χ0v) is 23.5. The lowest BCUT2D eigenvalue weighted by Crippen LogP contribution is -2.33. The average molecular weight is 447 g/mol. The zero-order valence-electron chi connectivity index (χ0n) is 23.5. The largest absolute Gasteiger partial charge is 0.487 e. The van der Waals surface area contributed by atoms with E-state index in [0.29, 0.717) is 0 Å². The summed E-state index contributed by atoms with van der Waals surface area (Å²) < 4.78 is 6.67. The van der Waals surface area contributed by atoms with Crippen molar-refractivity contribution in [3.8, 4) is 0 Å². The molecular formula is C31H58O. The third-order valence-electron chi connectivity index (χ3n) is 7.32. The van der Waals surface area contributed by atoms with Gasteiger partial charge in [-0.15, -0.1) is 13.2 Å². The minimum absolute atomic E-state index is 0.0232. The molecule has 0 saturated carbocycles. The van der Waals surface area contributed by atoms with Crippen molar-refractivity contribution >= 4 is 0 Å². The number of hydrogen-bond acceptors (Lipinski definition) is 1. The standard InChI is InChI=1S/C29H54O.C2H4/c1-10-26(8)28-27(23(4)5)19-21-29(9,30-28)20-13-18-25(7)17-12-16-24(6)15-11-14-22(2)3;1-2/h22,24-25H,10-21H2,1-9H3;1-2H2/b28-26+;.